The summed E-state index contributed by atoms with van der Waals surface area (Å²) >= 11 is 0.969. The number of benzene rings is 3. The van der Waals surface area contributed by atoms with Gasteiger partial charge in [0.1, 0.15) is 11.5 Å². The molecule has 3 aromatic carbocycles. The average molecular weight is 401 g/mol. The summed E-state index contributed by atoms with van der Waals surface area (Å²) in [5.74, 6) is 1.14. The average Bonchev–Trinajstić information content (AvgIpc) is 2.98. The number of carbonyl (C=O) groups excluding carboxylic acids is 2. The van der Waals surface area contributed by atoms with E-state index >= 15 is 0 Å². The van der Waals surface area contributed by atoms with Crippen molar-refractivity contribution in [3.05, 3.63) is 100 Å². The molecule has 29 heavy (non-hydrogen) atoms. The number of aryl methyl sites for hydroxylation is 1. The van der Waals surface area contributed by atoms with E-state index in [1.165, 1.54) is 4.90 Å². The third-order valence-corrected chi connectivity index (χ3v) is 5.51. The summed E-state index contributed by atoms with van der Waals surface area (Å²) in [4.78, 5) is 26.9. The van der Waals surface area contributed by atoms with Gasteiger partial charge in [0.25, 0.3) is 11.1 Å². The molecule has 4 nitrogen and oxygen atoms in total. The molecule has 0 bridgehead atoms. The molecule has 0 aromatic heterocycles. The standard InChI is InChI=1S/C24H19NO3S/c1-17-8-5-6-10-19(17)16-25-23(26)22(29-24(25)27)15-18-9-7-13-21(14-18)28-20-11-3-2-4-12-20/h2-15H,16H2,1H3/b22-15-. The second-order valence-electron chi connectivity index (χ2n) is 6.68. The van der Waals surface area contributed by atoms with Gasteiger partial charge in [0.2, 0.25) is 0 Å². The number of imide groups is 1. The quantitative estimate of drug-likeness (QED) is 0.490. The summed E-state index contributed by atoms with van der Waals surface area (Å²) in [6, 6.07) is 24.7. The minimum atomic E-state index is -0.266. The first kappa shape index (κ1) is 19.0. The summed E-state index contributed by atoms with van der Waals surface area (Å²) in [7, 11) is 0. The molecule has 1 heterocycles. The molecule has 1 fully saturated rings. The van der Waals surface area contributed by atoms with Gasteiger partial charge in [-0.05, 0) is 65.7 Å². The van der Waals surface area contributed by atoms with Gasteiger partial charge in [-0.15, -0.1) is 0 Å². The van der Waals surface area contributed by atoms with Crippen LogP contribution in [0.3, 0.4) is 0 Å². The first-order chi connectivity index (χ1) is 14.1. The molecule has 0 spiro atoms. The highest BCUT2D eigenvalue weighted by Gasteiger charge is 2.35. The Morgan fingerprint density at radius 1 is 0.897 bits per heavy atom. The van der Waals surface area contributed by atoms with Crippen LogP contribution in [-0.2, 0) is 11.3 Å². The summed E-state index contributed by atoms with van der Waals surface area (Å²) in [5, 5.41) is -0.249. The molecule has 5 heteroatoms. The van der Waals surface area contributed by atoms with Crippen molar-refractivity contribution in [3.8, 4) is 11.5 Å². The molecule has 1 aliphatic rings. The van der Waals surface area contributed by atoms with Gasteiger partial charge in [0, 0.05) is 0 Å². The van der Waals surface area contributed by atoms with E-state index in [-0.39, 0.29) is 17.7 Å². The molecule has 2 amide bonds. The maximum atomic E-state index is 12.8. The number of nitrogens with zero attached hydrogens (tertiary/aromatic N) is 1. The fourth-order valence-corrected chi connectivity index (χ4v) is 3.88. The molecule has 3 aromatic rings. The minimum absolute atomic E-state index is 0.249. The van der Waals surface area contributed by atoms with Crippen molar-refractivity contribution in [1.29, 1.82) is 0 Å². The van der Waals surface area contributed by atoms with Crippen LogP contribution in [0.4, 0.5) is 4.79 Å². The van der Waals surface area contributed by atoms with Gasteiger partial charge in [0.05, 0.1) is 11.4 Å². The fraction of sp³-hybridized carbons (Fsp3) is 0.0833. The summed E-state index contributed by atoms with van der Waals surface area (Å²) < 4.78 is 5.85. The van der Waals surface area contributed by atoms with Crippen LogP contribution in [0.15, 0.2) is 83.8 Å². The van der Waals surface area contributed by atoms with E-state index in [0.29, 0.717) is 10.7 Å². The number of carbonyl (C=O) groups is 2. The van der Waals surface area contributed by atoms with E-state index in [0.717, 1.165) is 34.2 Å². The monoisotopic (exact) mass is 401 g/mol. The zero-order valence-electron chi connectivity index (χ0n) is 15.9. The molecule has 0 N–H and O–H groups in total. The molecule has 1 saturated heterocycles. The predicted octanol–water partition coefficient (Wildman–Crippen LogP) is 6.02. The van der Waals surface area contributed by atoms with Crippen LogP contribution < -0.4 is 4.74 Å². The van der Waals surface area contributed by atoms with Crippen molar-refractivity contribution in [2.75, 3.05) is 0 Å². The molecule has 0 aliphatic carbocycles. The van der Waals surface area contributed by atoms with Crippen molar-refractivity contribution in [2.24, 2.45) is 0 Å². The van der Waals surface area contributed by atoms with Gasteiger partial charge in [-0.1, -0.05) is 54.6 Å². The number of ether oxygens (including phenoxy) is 1. The Labute approximate surface area is 173 Å². The molecule has 144 valence electrons. The van der Waals surface area contributed by atoms with Gasteiger partial charge in [-0.3, -0.25) is 14.5 Å². The number of thioether (sulfide) groups is 1. The highest BCUT2D eigenvalue weighted by Crippen LogP contribution is 2.34. The van der Waals surface area contributed by atoms with Crippen molar-refractivity contribution in [3.63, 3.8) is 0 Å². The molecule has 4 rings (SSSR count). The van der Waals surface area contributed by atoms with Crippen LogP contribution in [0.1, 0.15) is 16.7 Å². The second kappa shape index (κ2) is 8.37. The van der Waals surface area contributed by atoms with Gasteiger partial charge >= 0.3 is 0 Å². The largest absolute Gasteiger partial charge is 0.457 e. The van der Waals surface area contributed by atoms with E-state index in [1.54, 1.807) is 6.08 Å². The van der Waals surface area contributed by atoms with Crippen LogP contribution in [0.25, 0.3) is 6.08 Å². The predicted molar refractivity (Wildman–Crippen MR) is 116 cm³/mol. The lowest BCUT2D eigenvalue weighted by atomic mass is 10.1. The molecular weight excluding hydrogens is 382 g/mol. The number of amides is 2. The highest BCUT2D eigenvalue weighted by molar-refractivity contribution is 8.18. The van der Waals surface area contributed by atoms with Crippen molar-refractivity contribution in [1.82, 2.24) is 4.90 Å². The van der Waals surface area contributed by atoms with E-state index in [9.17, 15) is 9.59 Å². The Kier molecular flexibility index (Phi) is 5.49. The SMILES string of the molecule is Cc1ccccc1CN1C(=O)S/C(=C\c2cccc(Oc3ccccc3)c2)C1=O. The lowest BCUT2D eigenvalue weighted by Crippen LogP contribution is -2.27. The number of para-hydroxylation sites is 1. The van der Waals surface area contributed by atoms with E-state index < -0.39 is 0 Å². The lowest BCUT2D eigenvalue weighted by Gasteiger charge is -2.14. The Balaban J connectivity index is 1.53. The number of hydrogen-bond donors (Lipinski definition) is 0. The maximum absolute atomic E-state index is 12.8. The first-order valence-electron chi connectivity index (χ1n) is 9.23. The minimum Gasteiger partial charge on any atom is -0.457 e. The summed E-state index contributed by atoms with van der Waals surface area (Å²) in [6.07, 6.45) is 1.74. The Hall–Kier alpha value is -3.31. The van der Waals surface area contributed by atoms with E-state index in [1.807, 2.05) is 85.8 Å². The number of hydrogen-bond acceptors (Lipinski definition) is 4. The summed E-state index contributed by atoms with van der Waals surface area (Å²) in [6.45, 7) is 2.26. The van der Waals surface area contributed by atoms with Crippen molar-refractivity contribution in [2.45, 2.75) is 13.5 Å². The van der Waals surface area contributed by atoms with Crippen LogP contribution >= 0.6 is 11.8 Å². The Morgan fingerprint density at radius 2 is 1.62 bits per heavy atom. The third kappa shape index (κ3) is 4.41. The molecule has 0 radical (unpaired) electrons. The van der Waals surface area contributed by atoms with Crippen LogP contribution in [0.2, 0.25) is 0 Å². The van der Waals surface area contributed by atoms with Crippen LogP contribution in [-0.4, -0.2) is 16.0 Å². The smallest absolute Gasteiger partial charge is 0.293 e. The zero-order chi connectivity index (χ0) is 20.2. The molecule has 0 unspecified atom stereocenters. The van der Waals surface area contributed by atoms with Crippen LogP contribution in [0.5, 0.6) is 11.5 Å². The van der Waals surface area contributed by atoms with Crippen LogP contribution in [0, 0.1) is 6.92 Å². The van der Waals surface area contributed by atoms with E-state index in [2.05, 4.69) is 0 Å². The third-order valence-electron chi connectivity index (χ3n) is 4.60. The highest BCUT2D eigenvalue weighted by atomic mass is 32.2. The maximum Gasteiger partial charge on any atom is 0.293 e. The normalized spacial score (nSPS) is 15.2. The van der Waals surface area contributed by atoms with Gasteiger partial charge in [0.15, 0.2) is 0 Å². The zero-order valence-corrected chi connectivity index (χ0v) is 16.7. The lowest BCUT2D eigenvalue weighted by molar-refractivity contribution is -0.123. The first-order valence-corrected chi connectivity index (χ1v) is 10.0. The number of rotatable bonds is 5. The molecule has 1 aliphatic heterocycles. The topological polar surface area (TPSA) is 46.6 Å². The second-order valence-corrected chi connectivity index (χ2v) is 7.68. The Morgan fingerprint density at radius 3 is 2.41 bits per heavy atom. The fourth-order valence-electron chi connectivity index (χ4n) is 3.04. The van der Waals surface area contributed by atoms with Crippen molar-refractivity contribution < 1.29 is 14.3 Å². The Bertz CT molecular complexity index is 1090. The van der Waals surface area contributed by atoms with Gasteiger partial charge < -0.3 is 4.74 Å². The summed E-state index contributed by atoms with van der Waals surface area (Å²) in [5.41, 5.74) is 2.83. The van der Waals surface area contributed by atoms with Crippen molar-refractivity contribution >= 4 is 29.0 Å². The molecule has 0 saturated carbocycles. The van der Waals surface area contributed by atoms with Gasteiger partial charge in [-0.25, -0.2) is 0 Å². The van der Waals surface area contributed by atoms with Gasteiger partial charge in [-0.2, -0.15) is 0 Å². The molecular formula is C24H19NO3S. The molecule has 0 atom stereocenters. The van der Waals surface area contributed by atoms with E-state index in [4.69, 9.17) is 4.74 Å².